The zero-order chi connectivity index (χ0) is 19.9. The van der Waals surface area contributed by atoms with Gasteiger partial charge in [0, 0.05) is 11.4 Å². The van der Waals surface area contributed by atoms with E-state index < -0.39 is 0 Å². The molecule has 2 heteroatoms. The number of benzene rings is 2. The molecule has 0 bridgehead atoms. The van der Waals surface area contributed by atoms with Crippen molar-refractivity contribution < 1.29 is 5.11 Å². The van der Waals surface area contributed by atoms with E-state index in [2.05, 4.69) is 24.4 Å². The van der Waals surface area contributed by atoms with Crippen LogP contribution in [0.5, 0.6) is 0 Å². The molecule has 0 aliphatic heterocycles. The van der Waals surface area contributed by atoms with Gasteiger partial charge in [0.25, 0.3) is 0 Å². The Balaban J connectivity index is 1.53. The van der Waals surface area contributed by atoms with Crippen molar-refractivity contribution in [2.75, 3.05) is 5.32 Å². The van der Waals surface area contributed by atoms with Crippen LogP contribution in [0, 0.1) is 0 Å². The third kappa shape index (κ3) is 9.41. The van der Waals surface area contributed by atoms with Gasteiger partial charge < -0.3 is 10.4 Å². The minimum atomic E-state index is -0.343. The van der Waals surface area contributed by atoms with Gasteiger partial charge in [0.05, 0.1) is 6.10 Å². The first-order chi connectivity index (χ1) is 13.8. The number of hydrogen-bond acceptors (Lipinski definition) is 2. The first-order valence-electron chi connectivity index (χ1n) is 11.4. The summed E-state index contributed by atoms with van der Waals surface area (Å²) in [5, 5.41) is 13.8. The molecule has 0 saturated carbocycles. The molecule has 0 amide bonds. The van der Waals surface area contributed by atoms with Crippen molar-refractivity contribution >= 4 is 11.4 Å². The number of rotatable bonds is 15. The molecule has 0 aliphatic rings. The standard InChI is InChI=1S/C26H39NO/c1-2-3-4-5-6-7-8-9-10-11-15-18-26(28)23-19-21-25(22-20-23)27-24-16-13-12-14-17-24/h12-14,16-17,19-22,26-28H,2-11,15,18H2,1H3. The van der Waals surface area contributed by atoms with E-state index in [-0.39, 0.29) is 6.10 Å². The maximum absolute atomic E-state index is 10.4. The van der Waals surface area contributed by atoms with Gasteiger partial charge in [-0.2, -0.15) is 0 Å². The van der Waals surface area contributed by atoms with Gasteiger partial charge in [-0.25, -0.2) is 0 Å². The lowest BCUT2D eigenvalue weighted by atomic mass is 10.0. The smallest absolute Gasteiger partial charge is 0.0790 e. The van der Waals surface area contributed by atoms with Crippen molar-refractivity contribution in [3.8, 4) is 0 Å². The number of nitrogens with one attached hydrogen (secondary N) is 1. The van der Waals surface area contributed by atoms with E-state index in [4.69, 9.17) is 0 Å². The Morgan fingerprint density at radius 2 is 1.14 bits per heavy atom. The Hall–Kier alpha value is -1.80. The quantitative estimate of drug-likeness (QED) is 0.305. The number of anilines is 2. The van der Waals surface area contributed by atoms with Crippen LogP contribution in [0.4, 0.5) is 11.4 Å². The van der Waals surface area contributed by atoms with Gasteiger partial charge in [-0.15, -0.1) is 0 Å². The maximum atomic E-state index is 10.4. The van der Waals surface area contributed by atoms with E-state index in [1.54, 1.807) is 0 Å². The first kappa shape index (κ1) is 22.5. The molecule has 2 nitrogen and oxygen atoms in total. The maximum Gasteiger partial charge on any atom is 0.0790 e. The first-order valence-corrected chi connectivity index (χ1v) is 11.4. The van der Waals surface area contributed by atoms with E-state index in [9.17, 15) is 5.11 Å². The Bertz CT molecular complexity index is 608. The summed E-state index contributed by atoms with van der Waals surface area (Å²) in [6.45, 7) is 2.27. The van der Waals surface area contributed by atoms with E-state index in [1.807, 2.05) is 42.5 Å². The van der Waals surface area contributed by atoms with Crippen LogP contribution in [-0.2, 0) is 0 Å². The summed E-state index contributed by atoms with van der Waals surface area (Å²) in [6, 6.07) is 18.3. The summed E-state index contributed by atoms with van der Waals surface area (Å²) in [7, 11) is 0. The summed E-state index contributed by atoms with van der Waals surface area (Å²) in [4.78, 5) is 0. The summed E-state index contributed by atoms with van der Waals surface area (Å²) >= 11 is 0. The Morgan fingerprint density at radius 1 is 0.643 bits per heavy atom. The van der Waals surface area contributed by atoms with Crippen LogP contribution in [-0.4, -0.2) is 5.11 Å². The monoisotopic (exact) mass is 381 g/mol. The SMILES string of the molecule is CCCCCCCCCCCCCC(O)c1ccc(Nc2ccccc2)cc1. The van der Waals surface area contributed by atoms with Gasteiger partial charge in [-0.3, -0.25) is 0 Å². The molecular weight excluding hydrogens is 342 g/mol. The lowest BCUT2D eigenvalue weighted by molar-refractivity contribution is 0.163. The average molecular weight is 382 g/mol. The Kier molecular flexibility index (Phi) is 11.4. The molecule has 28 heavy (non-hydrogen) atoms. The molecule has 2 N–H and O–H groups in total. The predicted molar refractivity (Wildman–Crippen MR) is 122 cm³/mol. The third-order valence-corrected chi connectivity index (χ3v) is 5.44. The lowest BCUT2D eigenvalue weighted by Gasteiger charge is -2.12. The lowest BCUT2D eigenvalue weighted by Crippen LogP contribution is -1.98. The minimum Gasteiger partial charge on any atom is -0.388 e. The zero-order valence-electron chi connectivity index (χ0n) is 17.7. The topological polar surface area (TPSA) is 32.3 Å². The Morgan fingerprint density at radius 3 is 1.71 bits per heavy atom. The van der Waals surface area contributed by atoms with Crippen LogP contribution in [0.3, 0.4) is 0 Å². The van der Waals surface area contributed by atoms with Gasteiger partial charge in [0.2, 0.25) is 0 Å². The van der Waals surface area contributed by atoms with Crippen LogP contribution >= 0.6 is 0 Å². The van der Waals surface area contributed by atoms with Crippen LogP contribution in [0.15, 0.2) is 54.6 Å². The van der Waals surface area contributed by atoms with Crippen molar-refractivity contribution in [3.63, 3.8) is 0 Å². The van der Waals surface area contributed by atoms with Crippen LogP contribution < -0.4 is 5.32 Å². The highest BCUT2D eigenvalue weighted by molar-refractivity contribution is 5.59. The Labute approximate surface area is 172 Å². The highest BCUT2D eigenvalue weighted by Crippen LogP contribution is 2.23. The highest BCUT2D eigenvalue weighted by atomic mass is 16.3. The summed E-state index contributed by atoms with van der Waals surface area (Å²) in [5.41, 5.74) is 3.15. The summed E-state index contributed by atoms with van der Waals surface area (Å²) < 4.78 is 0. The van der Waals surface area contributed by atoms with Crippen molar-refractivity contribution in [3.05, 3.63) is 60.2 Å². The summed E-state index contributed by atoms with van der Waals surface area (Å²) in [6.07, 6.45) is 15.3. The largest absolute Gasteiger partial charge is 0.388 e. The van der Waals surface area contributed by atoms with Crippen LogP contribution in [0.2, 0.25) is 0 Å². The van der Waals surface area contributed by atoms with E-state index >= 15 is 0 Å². The van der Waals surface area contributed by atoms with E-state index in [0.29, 0.717) is 0 Å². The van der Waals surface area contributed by atoms with Gasteiger partial charge in [-0.05, 0) is 36.2 Å². The fourth-order valence-electron chi connectivity index (χ4n) is 3.65. The van der Waals surface area contributed by atoms with Crippen molar-refractivity contribution in [1.29, 1.82) is 0 Å². The van der Waals surface area contributed by atoms with Crippen molar-refractivity contribution in [2.24, 2.45) is 0 Å². The van der Waals surface area contributed by atoms with Gasteiger partial charge >= 0.3 is 0 Å². The molecule has 0 saturated heterocycles. The zero-order valence-corrected chi connectivity index (χ0v) is 17.7. The van der Waals surface area contributed by atoms with Crippen molar-refractivity contribution in [2.45, 2.75) is 90.1 Å². The molecule has 2 aromatic rings. The fraction of sp³-hybridized carbons (Fsp3) is 0.538. The number of aliphatic hydroxyl groups excluding tert-OH is 1. The summed E-state index contributed by atoms with van der Waals surface area (Å²) in [5.74, 6) is 0. The fourth-order valence-corrected chi connectivity index (χ4v) is 3.65. The van der Waals surface area contributed by atoms with Gasteiger partial charge in [0.15, 0.2) is 0 Å². The second-order valence-electron chi connectivity index (χ2n) is 7.95. The van der Waals surface area contributed by atoms with Crippen LogP contribution in [0.1, 0.15) is 95.6 Å². The average Bonchev–Trinajstić information content (AvgIpc) is 2.73. The van der Waals surface area contributed by atoms with Gasteiger partial charge in [-0.1, -0.05) is 108 Å². The molecule has 2 rings (SSSR count). The highest BCUT2D eigenvalue weighted by Gasteiger charge is 2.07. The van der Waals surface area contributed by atoms with Crippen molar-refractivity contribution in [1.82, 2.24) is 0 Å². The number of para-hydroxylation sites is 1. The number of aliphatic hydroxyl groups is 1. The molecule has 154 valence electrons. The van der Waals surface area contributed by atoms with Crippen LogP contribution in [0.25, 0.3) is 0 Å². The molecule has 2 aromatic carbocycles. The molecule has 0 fully saturated rings. The normalized spacial score (nSPS) is 12.1. The molecule has 0 aromatic heterocycles. The van der Waals surface area contributed by atoms with E-state index in [1.165, 1.54) is 64.2 Å². The minimum absolute atomic E-state index is 0.343. The molecule has 1 unspecified atom stereocenters. The molecule has 0 heterocycles. The number of unbranched alkanes of at least 4 members (excludes halogenated alkanes) is 10. The van der Waals surface area contributed by atoms with E-state index in [0.717, 1.165) is 29.8 Å². The number of hydrogen-bond donors (Lipinski definition) is 2. The molecular formula is C26H39NO. The second kappa shape index (κ2) is 14.2. The third-order valence-electron chi connectivity index (χ3n) is 5.44. The molecule has 0 aliphatic carbocycles. The molecule has 1 atom stereocenters. The second-order valence-corrected chi connectivity index (χ2v) is 7.95. The predicted octanol–water partition coefficient (Wildman–Crippen LogP) is 8.16. The molecule has 0 spiro atoms. The molecule has 0 radical (unpaired) electrons. The van der Waals surface area contributed by atoms with Gasteiger partial charge in [0.1, 0.15) is 0 Å².